The number of carbonyl (C=O) groups excluding carboxylic acids is 2. The minimum Gasteiger partial charge on any atom is -0.340 e. The molecule has 4 nitrogen and oxygen atoms in total. The predicted octanol–water partition coefficient (Wildman–Crippen LogP) is 1.67. The Kier molecular flexibility index (Phi) is 3.47. The summed E-state index contributed by atoms with van der Waals surface area (Å²) >= 11 is 0. The molecule has 112 valence electrons. The Bertz CT molecular complexity index is 553. The summed E-state index contributed by atoms with van der Waals surface area (Å²) in [7, 11) is 0. The number of hydrogen-bond donors (Lipinski definition) is 1. The van der Waals surface area contributed by atoms with Crippen LogP contribution in [-0.4, -0.2) is 34.8 Å². The Morgan fingerprint density at radius 1 is 1.14 bits per heavy atom. The molecular formula is C17H22N2O2. The van der Waals surface area contributed by atoms with E-state index in [1.54, 1.807) is 0 Å². The van der Waals surface area contributed by atoms with Gasteiger partial charge in [0.1, 0.15) is 5.54 Å². The Morgan fingerprint density at radius 3 is 2.24 bits per heavy atom. The van der Waals surface area contributed by atoms with Crippen molar-refractivity contribution in [3.8, 4) is 0 Å². The topological polar surface area (TPSA) is 49.4 Å². The molecule has 1 heterocycles. The van der Waals surface area contributed by atoms with Gasteiger partial charge >= 0.3 is 0 Å². The summed E-state index contributed by atoms with van der Waals surface area (Å²) < 4.78 is 0. The zero-order valence-corrected chi connectivity index (χ0v) is 12.7. The van der Waals surface area contributed by atoms with Crippen molar-refractivity contribution in [1.29, 1.82) is 0 Å². The van der Waals surface area contributed by atoms with E-state index < -0.39 is 5.54 Å². The summed E-state index contributed by atoms with van der Waals surface area (Å²) in [6, 6.07) is 8.44. The first-order chi connectivity index (χ1) is 10.1. The molecule has 0 saturated carbocycles. The van der Waals surface area contributed by atoms with Crippen LogP contribution in [0.1, 0.15) is 37.8 Å². The fourth-order valence-electron chi connectivity index (χ4n) is 3.64. The SMILES string of the molecule is CCC1(CC)NC(=O)CN(C2Cc3ccccc3C2)C1=O. The first-order valence-electron chi connectivity index (χ1n) is 7.78. The molecule has 0 atom stereocenters. The lowest BCUT2D eigenvalue weighted by molar-refractivity contribution is -0.152. The second-order valence-corrected chi connectivity index (χ2v) is 6.10. The molecule has 0 radical (unpaired) electrons. The average molecular weight is 286 g/mol. The molecule has 3 rings (SSSR count). The van der Waals surface area contributed by atoms with Gasteiger partial charge in [-0.2, -0.15) is 0 Å². The van der Waals surface area contributed by atoms with Gasteiger partial charge in [-0.25, -0.2) is 0 Å². The van der Waals surface area contributed by atoms with E-state index in [4.69, 9.17) is 0 Å². The number of fused-ring (bicyclic) bond motifs is 1. The normalized spacial score (nSPS) is 21.3. The summed E-state index contributed by atoms with van der Waals surface area (Å²) in [4.78, 5) is 26.8. The maximum atomic E-state index is 12.9. The van der Waals surface area contributed by atoms with Crippen LogP contribution in [-0.2, 0) is 22.4 Å². The second kappa shape index (κ2) is 5.17. The van der Waals surface area contributed by atoms with Gasteiger partial charge in [0.2, 0.25) is 11.8 Å². The van der Waals surface area contributed by atoms with Crippen LogP contribution >= 0.6 is 0 Å². The third-order valence-electron chi connectivity index (χ3n) is 5.04. The highest BCUT2D eigenvalue weighted by molar-refractivity contribution is 5.98. The summed E-state index contributed by atoms with van der Waals surface area (Å²) in [5.74, 6) is 0.0548. The summed E-state index contributed by atoms with van der Waals surface area (Å²) in [5, 5.41) is 2.92. The molecule has 1 aromatic carbocycles. The third-order valence-corrected chi connectivity index (χ3v) is 5.04. The van der Waals surface area contributed by atoms with Crippen LogP contribution in [0.25, 0.3) is 0 Å². The molecule has 1 fully saturated rings. The number of benzene rings is 1. The number of hydrogen-bond acceptors (Lipinski definition) is 2. The maximum Gasteiger partial charge on any atom is 0.249 e. The monoisotopic (exact) mass is 286 g/mol. The minimum atomic E-state index is -0.704. The van der Waals surface area contributed by atoms with Crippen LogP contribution in [0.15, 0.2) is 24.3 Å². The van der Waals surface area contributed by atoms with E-state index >= 15 is 0 Å². The van der Waals surface area contributed by atoms with Crippen LogP contribution in [0.4, 0.5) is 0 Å². The molecule has 1 aliphatic carbocycles. The Balaban J connectivity index is 1.86. The number of carbonyl (C=O) groups is 2. The lowest BCUT2D eigenvalue weighted by Gasteiger charge is -2.43. The van der Waals surface area contributed by atoms with E-state index in [-0.39, 0.29) is 24.4 Å². The van der Waals surface area contributed by atoms with Crippen molar-refractivity contribution in [3.63, 3.8) is 0 Å². The second-order valence-electron chi connectivity index (χ2n) is 6.10. The van der Waals surface area contributed by atoms with E-state index in [9.17, 15) is 9.59 Å². The van der Waals surface area contributed by atoms with Gasteiger partial charge in [0, 0.05) is 6.04 Å². The lowest BCUT2D eigenvalue weighted by Crippen LogP contribution is -2.68. The summed E-state index contributed by atoms with van der Waals surface area (Å²) in [5.41, 5.74) is 1.91. The molecule has 1 aromatic rings. The van der Waals surface area contributed by atoms with Crippen LogP contribution in [0.5, 0.6) is 0 Å². The molecule has 1 N–H and O–H groups in total. The quantitative estimate of drug-likeness (QED) is 0.919. The molecule has 2 aliphatic rings. The average Bonchev–Trinajstić information content (AvgIpc) is 2.93. The van der Waals surface area contributed by atoms with Gasteiger partial charge in [0.15, 0.2) is 0 Å². The van der Waals surface area contributed by atoms with E-state index in [2.05, 4.69) is 17.4 Å². The minimum absolute atomic E-state index is 0.0331. The largest absolute Gasteiger partial charge is 0.340 e. The van der Waals surface area contributed by atoms with Crippen molar-refractivity contribution in [3.05, 3.63) is 35.4 Å². The number of nitrogens with zero attached hydrogens (tertiary/aromatic N) is 1. The van der Waals surface area contributed by atoms with Crippen molar-refractivity contribution >= 4 is 11.8 Å². The molecule has 0 aromatic heterocycles. The van der Waals surface area contributed by atoms with Gasteiger partial charge in [-0.05, 0) is 36.8 Å². The Labute approximate surface area is 125 Å². The summed E-state index contributed by atoms with van der Waals surface area (Å²) in [6.07, 6.45) is 3.01. The molecule has 0 unspecified atom stereocenters. The number of amides is 2. The van der Waals surface area contributed by atoms with Gasteiger partial charge in [0.05, 0.1) is 6.54 Å². The number of rotatable bonds is 3. The highest BCUT2D eigenvalue weighted by Crippen LogP contribution is 2.30. The van der Waals surface area contributed by atoms with Crippen molar-refractivity contribution in [2.45, 2.75) is 51.1 Å². The van der Waals surface area contributed by atoms with Crippen molar-refractivity contribution < 1.29 is 9.59 Å². The van der Waals surface area contributed by atoms with Crippen LogP contribution in [0.3, 0.4) is 0 Å². The fourth-order valence-corrected chi connectivity index (χ4v) is 3.64. The lowest BCUT2D eigenvalue weighted by atomic mass is 9.88. The Morgan fingerprint density at radius 2 is 1.71 bits per heavy atom. The first kappa shape index (κ1) is 14.1. The molecule has 21 heavy (non-hydrogen) atoms. The van der Waals surface area contributed by atoms with Gasteiger partial charge in [-0.15, -0.1) is 0 Å². The zero-order chi connectivity index (χ0) is 15.0. The van der Waals surface area contributed by atoms with Crippen molar-refractivity contribution in [2.24, 2.45) is 0 Å². The van der Waals surface area contributed by atoms with Crippen molar-refractivity contribution in [2.75, 3.05) is 6.54 Å². The van der Waals surface area contributed by atoms with E-state index in [1.165, 1.54) is 11.1 Å². The molecule has 0 spiro atoms. The predicted molar refractivity (Wildman–Crippen MR) is 80.8 cm³/mol. The van der Waals surface area contributed by atoms with Crippen LogP contribution < -0.4 is 5.32 Å². The van der Waals surface area contributed by atoms with Crippen molar-refractivity contribution in [1.82, 2.24) is 10.2 Å². The zero-order valence-electron chi connectivity index (χ0n) is 12.7. The number of nitrogens with one attached hydrogen (secondary N) is 1. The van der Waals surface area contributed by atoms with Gasteiger partial charge in [-0.3, -0.25) is 9.59 Å². The molecule has 0 bridgehead atoms. The van der Waals surface area contributed by atoms with E-state index in [0.29, 0.717) is 12.8 Å². The highest BCUT2D eigenvalue weighted by atomic mass is 16.2. The first-order valence-corrected chi connectivity index (χ1v) is 7.78. The standard InChI is InChI=1S/C17H22N2O2/c1-3-17(4-2)16(21)19(11-15(20)18-17)14-9-12-7-5-6-8-13(12)10-14/h5-8,14H,3-4,9-11H2,1-2H3,(H,18,20). The van der Waals surface area contributed by atoms with E-state index in [0.717, 1.165) is 12.8 Å². The molecule has 1 saturated heterocycles. The van der Waals surface area contributed by atoms with Gasteiger partial charge in [0.25, 0.3) is 0 Å². The maximum absolute atomic E-state index is 12.9. The summed E-state index contributed by atoms with van der Waals surface area (Å²) in [6.45, 7) is 4.13. The van der Waals surface area contributed by atoms with Crippen LogP contribution in [0, 0.1) is 0 Å². The van der Waals surface area contributed by atoms with Gasteiger partial charge in [-0.1, -0.05) is 38.1 Å². The fraction of sp³-hybridized carbons (Fsp3) is 0.529. The smallest absolute Gasteiger partial charge is 0.249 e. The molecule has 4 heteroatoms. The molecule has 1 aliphatic heterocycles. The third kappa shape index (κ3) is 2.23. The number of piperazine rings is 1. The Hall–Kier alpha value is -1.84. The van der Waals surface area contributed by atoms with Crippen LogP contribution in [0.2, 0.25) is 0 Å². The van der Waals surface area contributed by atoms with E-state index in [1.807, 2.05) is 30.9 Å². The van der Waals surface area contributed by atoms with Gasteiger partial charge < -0.3 is 10.2 Å². The highest BCUT2D eigenvalue weighted by Gasteiger charge is 2.46. The molecule has 2 amide bonds. The molecular weight excluding hydrogens is 264 g/mol.